The maximum absolute atomic E-state index is 9.15. The molecule has 0 saturated heterocycles. The van der Waals surface area contributed by atoms with Gasteiger partial charge in [0.2, 0.25) is 5.88 Å². The van der Waals surface area contributed by atoms with Gasteiger partial charge >= 0.3 is 0 Å². The zero-order valence-electron chi connectivity index (χ0n) is 8.99. The summed E-state index contributed by atoms with van der Waals surface area (Å²) in [6.45, 7) is -0.345. The monoisotopic (exact) mass is 224 g/mol. The molecule has 1 N–H and O–H groups in total. The molecule has 0 radical (unpaired) electrons. The van der Waals surface area contributed by atoms with Gasteiger partial charge in [-0.3, -0.25) is 0 Å². The molecule has 0 aromatic carbocycles. The van der Waals surface area contributed by atoms with Crippen molar-refractivity contribution < 1.29 is 14.6 Å². The number of aliphatic hydroxyl groups excluding tert-OH is 1. The topological polar surface area (TPSA) is 100 Å². The lowest BCUT2D eigenvalue weighted by Gasteiger charge is -2.15. The second-order valence-corrected chi connectivity index (χ2v) is 2.84. The van der Waals surface area contributed by atoms with Gasteiger partial charge in [-0.1, -0.05) is 5.11 Å². The smallest absolute Gasteiger partial charge is 0.220 e. The van der Waals surface area contributed by atoms with E-state index in [-0.39, 0.29) is 12.5 Å². The number of hydrogen-bond acceptors (Lipinski definition) is 5. The summed E-state index contributed by atoms with van der Waals surface area (Å²) in [6, 6.07) is 0.830. The van der Waals surface area contributed by atoms with Crippen LogP contribution < -0.4 is 9.47 Å². The number of hydrogen-bond donors (Lipinski definition) is 1. The predicted molar refractivity (Wildman–Crippen MR) is 56.3 cm³/mol. The Balaban J connectivity index is 3.30. The zero-order chi connectivity index (χ0) is 12.0. The Hall–Kier alpha value is -1.98. The van der Waals surface area contributed by atoms with Gasteiger partial charge in [-0.2, -0.15) is 0 Å². The molecule has 16 heavy (non-hydrogen) atoms. The van der Waals surface area contributed by atoms with Gasteiger partial charge in [0.05, 0.1) is 32.4 Å². The summed E-state index contributed by atoms with van der Waals surface area (Å²) < 4.78 is 10.1. The van der Waals surface area contributed by atoms with Crippen molar-refractivity contribution in [1.29, 1.82) is 0 Å². The summed E-state index contributed by atoms with van der Waals surface area (Å²) >= 11 is 0. The van der Waals surface area contributed by atoms with Crippen LogP contribution in [0.1, 0.15) is 11.6 Å². The van der Waals surface area contributed by atoms with Crippen LogP contribution in [0.5, 0.6) is 11.6 Å². The summed E-state index contributed by atoms with van der Waals surface area (Å²) in [6.07, 6.45) is 1.51. The Morgan fingerprint density at radius 1 is 1.56 bits per heavy atom. The van der Waals surface area contributed by atoms with Gasteiger partial charge in [0.15, 0.2) is 0 Å². The molecule has 1 atom stereocenters. The van der Waals surface area contributed by atoms with Crippen molar-refractivity contribution in [1.82, 2.24) is 4.98 Å². The molecule has 0 aliphatic carbocycles. The van der Waals surface area contributed by atoms with E-state index in [0.29, 0.717) is 11.3 Å². The number of ether oxygens (including phenoxy) is 2. The SMILES string of the molecule is COc1ccnc(OC)c1C(CO)N=[N+]=[N-]. The van der Waals surface area contributed by atoms with Crippen LogP contribution in [0.15, 0.2) is 17.4 Å². The third kappa shape index (κ3) is 2.33. The molecule has 1 unspecified atom stereocenters. The average molecular weight is 224 g/mol. The molecule has 86 valence electrons. The molecule has 0 bridgehead atoms. The molecule has 0 fully saturated rings. The van der Waals surface area contributed by atoms with Crippen molar-refractivity contribution in [2.75, 3.05) is 20.8 Å². The minimum Gasteiger partial charge on any atom is -0.496 e. The molecule has 0 aliphatic heterocycles. The molecule has 1 aromatic rings. The van der Waals surface area contributed by atoms with Gasteiger partial charge in [-0.15, -0.1) is 0 Å². The highest BCUT2D eigenvalue weighted by Crippen LogP contribution is 2.33. The molecular weight excluding hydrogens is 212 g/mol. The molecule has 1 rings (SSSR count). The maximum Gasteiger partial charge on any atom is 0.220 e. The Morgan fingerprint density at radius 3 is 2.81 bits per heavy atom. The van der Waals surface area contributed by atoms with Crippen LogP contribution in [-0.2, 0) is 0 Å². The van der Waals surface area contributed by atoms with Crippen molar-refractivity contribution in [3.63, 3.8) is 0 Å². The second-order valence-electron chi connectivity index (χ2n) is 2.84. The molecule has 0 spiro atoms. The van der Waals surface area contributed by atoms with E-state index in [1.54, 1.807) is 6.07 Å². The van der Waals surface area contributed by atoms with Gasteiger partial charge in [0, 0.05) is 11.1 Å². The van der Waals surface area contributed by atoms with Crippen molar-refractivity contribution in [3.05, 3.63) is 28.3 Å². The minimum atomic E-state index is -0.774. The fourth-order valence-electron chi connectivity index (χ4n) is 1.33. The van der Waals surface area contributed by atoms with Crippen LogP contribution >= 0.6 is 0 Å². The molecule has 1 heterocycles. The quantitative estimate of drug-likeness (QED) is 0.464. The Bertz CT molecular complexity index is 381. The lowest BCUT2D eigenvalue weighted by molar-refractivity contribution is 0.259. The first-order chi connectivity index (χ1) is 7.78. The predicted octanol–water partition coefficient (Wildman–Crippen LogP) is 1.44. The Morgan fingerprint density at radius 2 is 2.31 bits per heavy atom. The normalized spacial score (nSPS) is 11.4. The fraction of sp³-hybridized carbons (Fsp3) is 0.444. The van der Waals surface area contributed by atoms with E-state index in [1.165, 1.54) is 20.4 Å². The van der Waals surface area contributed by atoms with Gasteiger partial charge in [-0.05, 0) is 11.6 Å². The molecule has 0 saturated carbocycles. The zero-order valence-corrected chi connectivity index (χ0v) is 8.99. The summed E-state index contributed by atoms with van der Waals surface area (Å²) in [5.41, 5.74) is 8.84. The number of aromatic nitrogens is 1. The van der Waals surface area contributed by atoms with Crippen LogP contribution in [-0.4, -0.2) is 30.9 Å². The fourth-order valence-corrected chi connectivity index (χ4v) is 1.33. The first-order valence-electron chi connectivity index (χ1n) is 4.50. The van der Waals surface area contributed by atoms with E-state index in [9.17, 15) is 0 Å². The summed E-state index contributed by atoms with van der Waals surface area (Å²) in [7, 11) is 2.92. The highest BCUT2D eigenvalue weighted by molar-refractivity contribution is 5.42. The number of rotatable bonds is 5. The second kappa shape index (κ2) is 5.79. The molecule has 7 nitrogen and oxygen atoms in total. The molecule has 0 aliphatic rings. The lowest BCUT2D eigenvalue weighted by Crippen LogP contribution is -2.06. The Kier molecular flexibility index (Phi) is 4.38. The van der Waals surface area contributed by atoms with Gasteiger partial charge < -0.3 is 14.6 Å². The van der Waals surface area contributed by atoms with Crippen molar-refractivity contribution in [2.45, 2.75) is 6.04 Å². The molecular formula is C9H12N4O3. The third-order valence-corrected chi connectivity index (χ3v) is 2.02. The van der Waals surface area contributed by atoms with Gasteiger partial charge in [0.25, 0.3) is 0 Å². The van der Waals surface area contributed by atoms with E-state index >= 15 is 0 Å². The lowest BCUT2D eigenvalue weighted by atomic mass is 10.1. The van der Waals surface area contributed by atoms with Crippen molar-refractivity contribution in [3.8, 4) is 11.6 Å². The summed E-state index contributed by atoms with van der Waals surface area (Å²) in [5.74, 6) is 0.726. The molecule has 0 amide bonds. The van der Waals surface area contributed by atoms with Crippen LogP contribution in [0.4, 0.5) is 0 Å². The van der Waals surface area contributed by atoms with Crippen molar-refractivity contribution in [2.24, 2.45) is 5.11 Å². The number of pyridine rings is 1. The Labute approximate surface area is 92.3 Å². The van der Waals surface area contributed by atoms with Gasteiger partial charge in [-0.25, -0.2) is 4.98 Å². The van der Waals surface area contributed by atoms with E-state index in [0.717, 1.165) is 0 Å². The highest BCUT2D eigenvalue weighted by atomic mass is 16.5. The maximum atomic E-state index is 9.15. The molecule has 7 heteroatoms. The van der Waals surface area contributed by atoms with Gasteiger partial charge in [0.1, 0.15) is 5.75 Å². The van der Waals surface area contributed by atoms with Crippen molar-refractivity contribution >= 4 is 0 Å². The highest BCUT2D eigenvalue weighted by Gasteiger charge is 2.20. The third-order valence-electron chi connectivity index (χ3n) is 2.02. The van der Waals surface area contributed by atoms with E-state index in [2.05, 4.69) is 15.0 Å². The first kappa shape index (κ1) is 12.1. The minimum absolute atomic E-state index is 0.269. The number of aliphatic hydroxyl groups is 1. The van der Waals surface area contributed by atoms with E-state index in [1.807, 2.05) is 0 Å². The van der Waals surface area contributed by atoms with E-state index in [4.69, 9.17) is 20.1 Å². The number of nitrogens with zero attached hydrogens (tertiary/aromatic N) is 4. The first-order valence-corrected chi connectivity index (χ1v) is 4.50. The van der Waals surface area contributed by atoms with E-state index < -0.39 is 6.04 Å². The largest absolute Gasteiger partial charge is 0.496 e. The van der Waals surface area contributed by atoms with Crippen LogP contribution in [0, 0.1) is 0 Å². The number of azide groups is 1. The summed E-state index contributed by atoms with van der Waals surface area (Å²) in [5, 5.41) is 12.6. The van der Waals surface area contributed by atoms with Crippen LogP contribution in [0.25, 0.3) is 10.4 Å². The standard InChI is InChI=1S/C9H12N4O3/c1-15-7-3-4-11-9(16-2)8(7)6(5-14)12-13-10/h3-4,6,14H,5H2,1-2H3. The molecule has 1 aromatic heterocycles. The van der Waals surface area contributed by atoms with Crippen LogP contribution in [0.2, 0.25) is 0 Å². The average Bonchev–Trinajstić information content (AvgIpc) is 2.35. The van der Waals surface area contributed by atoms with Crippen LogP contribution in [0.3, 0.4) is 0 Å². The summed E-state index contributed by atoms with van der Waals surface area (Å²) in [4.78, 5) is 6.62. The number of methoxy groups -OCH3 is 2.